The van der Waals surface area contributed by atoms with Crippen molar-refractivity contribution >= 4 is 23.2 Å². The van der Waals surface area contributed by atoms with Crippen molar-refractivity contribution in [2.45, 2.75) is 11.9 Å². The van der Waals surface area contributed by atoms with Crippen molar-refractivity contribution in [2.24, 2.45) is 0 Å². The van der Waals surface area contributed by atoms with E-state index in [9.17, 15) is 5.26 Å². The van der Waals surface area contributed by atoms with Crippen LogP contribution < -0.4 is 10.5 Å². The third kappa shape index (κ3) is 2.37. The van der Waals surface area contributed by atoms with Crippen LogP contribution in [0.2, 0.25) is 0 Å². The monoisotopic (exact) mass is 325 g/mol. The van der Waals surface area contributed by atoms with Crippen molar-refractivity contribution in [3.8, 4) is 22.9 Å². The van der Waals surface area contributed by atoms with E-state index >= 15 is 0 Å². The van der Waals surface area contributed by atoms with Crippen LogP contribution in [0, 0.1) is 18.3 Å². The highest BCUT2D eigenvalue weighted by molar-refractivity contribution is 7.98. The van der Waals surface area contributed by atoms with Crippen LogP contribution in [0.5, 0.6) is 5.75 Å². The normalized spacial score (nSPS) is 10.7. The molecule has 0 spiro atoms. The number of anilines is 1. The number of nitrogen functional groups attached to an aromatic ring is 1. The Kier molecular flexibility index (Phi) is 3.84. The van der Waals surface area contributed by atoms with E-state index < -0.39 is 0 Å². The lowest BCUT2D eigenvalue weighted by atomic mass is 10.1. The Morgan fingerprint density at radius 1 is 1.30 bits per heavy atom. The van der Waals surface area contributed by atoms with Gasteiger partial charge in [0.2, 0.25) is 0 Å². The molecule has 0 atom stereocenters. The molecule has 2 N–H and O–H groups in total. The number of aromatic nitrogens is 3. The first-order valence-electron chi connectivity index (χ1n) is 6.88. The van der Waals surface area contributed by atoms with Gasteiger partial charge < -0.3 is 10.5 Å². The summed E-state index contributed by atoms with van der Waals surface area (Å²) in [7, 11) is 1.63. The van der Waals surface area contributed by atoms with Crippen molar-refractivity contribution in [3.63, 3.8) is 0 Å². The summed E-state index contributed by atoms with van der Waals surface area (Å²) in [6.07, 6.45) is 1.87. The molecule has 23 heavy (non-hydrogen) atoms. The van der Waals surface area contributed by atoms with Gasteiger partial charge in [-0.1, -0.05) is 12.1 Å². The summed E-state index contributed by atoms with van der Waals surface area (Å²) in [5, 5.41) is 14.4. The van der Waals surface area contributed by atoms with Gasteiger partial charge in [0.15, 0.2) is 5.65 Å². The van der Waals surface area contributed by atoms with Crippen LogP contribution >= 0.6 is 11.8 Å². The molecule has 116 valence electrons. The topological polar surface area (TPSA) is 89.2 Å². The number of nitrogens with two attached hydrogens (primary N) is 1. The molecule has 0 aliphatic carbocycles. The molecule has 0 amide bonds. The summed E-state index contributed by atoms with van der Waals surface area (Å²) in [5.74, 6) is 1.09. The zero-order chi connectivity index (χ0) is 16.6. The summed E-state index contributed by atoms with van der Waals surface area (Å²) >= 11 is 1.39. The summed E-state index contributed by atoms with van der Waals surface area (Å²) in [5.41, 5.74) is 9.80. The van der Waals surface area contributed by atoms with Gasteiger partial charge >= 0.3 is 0 Å². The molecule has 2 heterocycles. The SMILES string of the molecule is COc1ccc(-c2c(C)nn3c(N)c(C#N)c(SC)nc23)cc1. The summed E-state index contributed by atoms with van der Waals surface area (Å²) < 4.78 is 6.73. The Labute approximate surface area is 137 Å². The van der Waals surface area contributed by atoms with Gasteiger partial charge in [-0.05, 0) is 30.9 Å². The van der Waals surface area contributed by atoms with E-state index in [-0.39, 0.29) is 0 Å². The minimum Gasteiger partial charge on any atom is -0.497 e. The van der Waals surface area contributed by atoms with Gasteiger partial charge in [-0.2, -0.15) is 14.9 Å². The van der Waals surface area contributed by atoms with Crippen LogP contribution in [0.3, 0.4) is 0 Å². The van der Waals surface area contributed by atoms with E-state index in [1.807, 2.05) is 37.4 Å². The Morgan fingerprint density at radius 2 is 2.00 bits per heavy atom. The number of nitriles is 1. The van der Waals surface area contributed by atoms with Crippen molar-refractivity contribution in [2.75, 3.05) is 19.1 Å². The lowest BCUT2D eigenvalue weighted by Gasteiger charge is -2.07. The lowest BCUT2D eigenvalue weighted by molar-refractivity contribution is 0.415. The molecule has 1 aromatic carbocycles. The van der Waals surface area contributed by atoms with Crippen molar-refractivity contribution < 1.29 is 4.74 Å². The molecule has 0 bridgehead atoms. The van der Waals surface area contributed by atoms with Crippen LogP contribution in [0.1, 0.15) is 11.3 Å². The van der Waals surface area contributed by atoms with E-state index in [0.717, 1.165) is 22.6 Å². The Morgan fingerprint density at radius 3 is 2.57 bits per heavy atom. The lowest BCUT2D eigenvalue weighted by Crippen LogP contribution is -2.05. The molecule has 0 saturated carbocycles. The highest BCUT2D eigenvalue weighted by Crippen LogP contribution is 2.32. The number of rotatable bonds is 3. The quantitative estimate of drug-likeness (QED) is 0.588. The first-order chi connectivity index (χ1) is 11.1. The van der Waals surface area contributed by atoms with E-state index in [1.54, 1.807) is 7.11 Å². The number of ether oxygens (including phenoxy) is 1. The summed E-state index contributed by atoms with van der Waals surface area (Å²) in [6, 6.07) is 9.80. The highest BCUT2D eigenvalue weighted by Gasteiger charge is 2.19. The summed E-state index contributed by atoms with van der Waals surface area (Å²) in [4.78, 5) is 4.59. The maximum absolute atomic E-state index is 9.30. The van der Waals surface area contributed by atoms with Crippen LogP contribution in [0.15, 0.2) is 29.3 Å². The molecule has 0 radical (unpaired) electrons. The maximum Gasteiger partial charge on any atom is 0.166 e. The van der Waals surface area contributed by atoms with E-state index in [0.29, 0.717) is 22.1 Å². The van der Waals surface area contributed by atoms with Crippen LogP contribution in [0.4, 0.5) is 5.82 Å². The van der Waals surface area contributed by atoms with Crippen molar-refractivity contribution in [1.29, 1.82) is 5.26 Å². The summed E-state index contributed by atoms with van der Waals surface area (Å²) in [6.45, 7) is 1.90. The van der Waals surface area contributed by atoms with Gasteiger partial charge in [-0.25, -0.2) is 4.98 Å². The number of methoxy groups -OCH3 is 1. The Balaban J connectivity index is 2.31. The predicted octanol–water partition coefficient (Wildman–Crippen LogP) is 2.89. The highest BCUT2D eigenvalue weighted by atomic mass is 32.2. The molecule has 0 aliphatic rings. The maximum atomic E-state index is 9.30. The van der Waals surface area contributed by atoms with Gasteiger partial charge in [0.1, 0.15) is 28.2 Å². The van der Waals surface area contributed by atoms with Crippen LogP contribution in [-0.2, 0) is 0 Å². The number of nitrogens with zero attached hydrogens (tertiary/aromatic N) is 4. The average molecular weight is 325 g/mol. The van der Waals surface area contributed by atoms with Gasteiger partial charge in [0.25, 0.3) is 0 Å². The van der Waals surface area contributed by atoms with E-state index in [2.05, 4.69) is 16.2 Å². The zero-order valence-corrected chi connectivity index (χ0v) is 13.8. The van der Waals surface area contributed by atoms with Crippen molar-refractivity contribution in [3.05, 3.63) is 35.5 Å². The fraction of sp³-hybridized carbons (Fsp3) is 0.188. The minimum atomic E-state index is 0.310. The van der Waals surface area contributed by atoms with Gasteiger partial charge in [-0.3, -0.25) is 0 Å². The third-order valence-electron chi connectivity index (χ3n) is 3.63. The fourth-order valence-corrected chi connectivity index (χ4v) is 3.03. The van der Waals surface area contributed by atoms with Crippen LogP contribution in [-0.4, -0.2) is 28.0 Å². The van der Waals surface area contributed by atoms with E-state index in [1.165, 1.54) is 16.3 Å². The second-order valence-corrected chi connectivity index (χ2v) is 5.71. The average Bonchev–Trinajstić information content (AvgIpc) is 2.91. The van der Waals surface area contributed by atoms with Crippen LogP contribution in [0.25, 0.3) is 16.8 Å². The Bertz CT molecular complexity index is 925. The van der Waals surface area contributed by atoms with Gasteiger partial charge in [-0.15, -0.1) is 11.8 Å². The molecular formula is C16H15N5OS. The fourth-order valence-electron chi connectivity index (χ4n) is 2.50. The third-order valence-corrected chi connectivity index (χ3v) is 4.31. The smallest absolute Gasteiger partial charge is 0.166 e. The first-order valence-corrected chi connectivity index (χ1v) is 8.10. The second-order valence-electron chi connectivity index (χ2n) is 4.92. The number of fused-ring (bicyclic) bond motifs is 1. The molecule has 3 aromatic rings. The number of thioether (sulfide) groups is 1. The molecular weight excluding hydrogens is 310 g/mol. The standard InChI is InChI=1S/C16H15N5OS/c1-9-13(10-4-6-11(22-2)7-5-10)15-19-16(23-3)12(8-17)14(18)21(15)20-9/h4-7H,18H2,1-3H3. The molecule has 0 saturated heterocycles. The Hall–Kier alpha value is -2.72. The molecule has 0 aliphatic heterocycles. The zero-order valence-electron chi connectivity index (χ0n) is 13.0. The number of hydrogen-bond acceptors (Lipinski definition) is 6. The first kappa shape index (κ1) is 15.2. The second kappa shape index (κ2) is 5.82. The predicted molar refractivity (Wildman–Crippen MR) is 90.6 cm³/mol. The number of aryl methyl sites for hydroxylation is 1. The molecule has 0 fully saturated rings. The molecule has 3 rings (SSSR count). The van der Waals surface area contributed by atoms with Crippen molar-refractivity contribution in [1.82, 2.24) is 14.6 Å². The molecule has 6 nitrogen and oxygen atoms in total. The molecule has 0 unspecified atom stereocenters. The number of hydrogen-bond donors (Lipinski definition) is 1. The molecule has 2 aromatic heterocycles. The number of benzene rings is 1. The molecule has 7 heteroatoms. The minimum absolute atomic E-state index is 0.310. The van der Waals surface area contributed by atoms with Gasteiger partial charge in [0, 0.05) is 5.56 Å². The largest absolute Gasteiger partial charge is 0.497 e. The van der Waals surface area contributed by atoms with E-state index in [4.69, 9.17) is 10.5 Å². The van der Waals surface area contributed by atoms with Gasteiger partial charge in [0.05, 0.1) is 12.8 Å².